The fourth-order valence-corrected chi connectivity index (χ4v) is 4.43. The van der Waals surface area contributed by atoms with E-state index in [1.165, 1.54) is 21.3 Å². The number of anilines is 1. The Labute approximate surface area is 203 Å². The minimum atomic E-state index is -0.759. The van der Waals surface area contributed by atoms with Crippen molar-refractivity contribution in [1.82, 2.24) is 9.88 Å². The molecule has 0 saturated heterocycles. The molecule has 1 aromatic heterocycles. The number of ether oxygens (including phenoxy) is 4. The topological polar surface area (TPSA) is 99.2 Å². The van der Waals surface area contributed by atoms with Crippen LogP contribution in [0.5, 0.6) is 23.0 Å². The van der Waals surface area contributed by atoms with E-state index >= 15 is 0 Å². The SMILES string of the molecule is COc1ccc(NC(=O)[C@H]2c3cc(OC)c(OC)cc3C(=O)N(C)[C@@H]2c2cccnc2)cc1OC. The van der Waals surface area contributed by atoms with Crippen molar-refractivity contribution in [1.29, 1.82) is 0 Å². The zero-order valence-corrected chi connectivity index (χ0v) is 20.2. The highest BCUT2D eigenvalue weighted by Gasteiger charge is 2.43. The maximum atomic E-state index is 13.9. The summed E-state index contributed by atoms with van der Waals surface area (Å²) in [7, 11) is 7.76. The van der Waals surface area contributed by atoms with Gasteiger partial charge in [-0.05, 0) is 41.5 Å². The van der Waals surface area contributed by atoms with Crippen LogP contribution in [-0.2, 0) is 4.79 Å². The maximum absolute atomic E-state index is 13.9. The second-order valence-corrected chi connectivity index (χ2v) is 7.98. The average Bonchev–Trinajstić information content (AvgIpc) is 2.89. The number of fused-ring (bicyclic) bond motifs is 1. The number of amides is 2. The molecule has 9 nitrogen and oxygen atoms in total. The number of aromatic nitrogens is 1. The van der Waals surface area contributed by atoms with Crippen molar-refractivity contribution in [2.24, 2.45) is 0 Å². The standard InChI is InChI=1S/C26H27N3O6/c1-29-24(15-7-6-10-27-14-15)23(17-12-21(34-4)22(35-5)13-18(17)26(29)31)25(30)28-16-8-9-19(32-2)20(11-16)33-3/h6-14,23-24H,1-5H3,(H,28,30)/t23-,24+/m0/s1. The molecule has 4 rings (SSSR count). The molecule has 0 spiro atoms. The Hall–Kier alpha value is -4.27. The number of nitrogens with zero attached hydrogens (tertiary/aromatic N) is 2. The molecule has 1 N–H and O–H groups in total. The molecule has 2 amide bonds. The van der Waals surface area contributed by atoms with Gasteiger partial charge in [-0.2, -0.15) is 0 Å². The van der Waals surface area contributed by atoms with Gasteiger partial charge in [0.2, 0.25) is 5.91 Å². The predicted octanol–water partition coefficient (Wildman–Crippen LogP) is 3.67. The van der Waals surface area contributed by atoms with Crippen LogP contribution in [0.3, 0.4) is 0 Å². The van der Waals surface area contributed by atoms with Gasteiger partial charge in [0.1, 0.15) is 0 Å². The molecule has 2 aromatic carbocycles. The second kappa shape index (κ2) is 9.92. The Kier molecular flexibility index (Phi) is 6.77. The van der Waals surface area contributed by atoms with Crippen LogP contribution in [0.1, 0.15) is 33.4 Å². The van der Waals surface area contributed by atoms with Gasteiger partial charge in [-0.3, -0.25) is 14.6 Å². The zero-order chi connectivity index (χ0) is 25.1. The summed E-state index contributed by atoms with van der Waals surface area (Å²) in [5.74, 6) is 0.568. The maximum Gasteiger partial charge on any atom is 0.254 e. The van der Waals surface area contributed by atoms with E-state index in [-0.39, 0.29) is 11.8 Å². The normalized spacial score (nSPS) is 16.8. The summed E-state index contributed by atoms with van der Waals surface area (Å²) in [6.45, 7) is 0. The molecular formula is C26H27N3O6. The van der Waals surface area contributed by atoms with Crippen molar-refractivity contribution in [2.45, 2.75) is 12.0 Å². The van der Waals surface area contributed by atoms with E-state index in [4.69, 9.17) is 18.9 Å². The van der Waals surface area contributed by atoms with Crippen LogP contribution < -0.4 is 24.3 Å². The number of carbonyl (C=O) groups excluding carboxylic acids is 2. The van der Waals surface area contributed by atoms with Gasteiger partial charge in [0.25, 0.3) is 5.91 Å². The van der Waals surface area contributed by atoms with E-state index in [0.717, 1.165) is 5.56 Å². The van der Waals surface area contributed by atoms with Crippen LogP contribution in [0.25, 0.3) is 0 Å². The summed E-state index contributed by atoms with van der Waals surface area (Å²) in [4.78, 5) is 33.0. The minimum absolute atomic E-state index is 0.232. The molecule has 35 heavy (non-hydrogen) atoms. The summed E-state index contributed by atoms with van der Waals surface area (Å²) in [5.41, 5.74) is 2.17. The van der Waals surface area contributed by atoms with Crippen molar-refractivity contribution in [3.8, 4) is 23.0 Å². The van der Waals surface area contributed by atoms with Crippen molar-refractivity contribution < 1.29 is 28.5 Å². The van der Waals surface area contributed by atoms with Gasteiger partial charge in [-0.25, -0.2) is 0 Å². The van der Waals surface area contributed by atoms with Crippen molar-refractivity contribution in [2.75, 3.05) is 40.8 Å². The van der Waals surface area contributed by atoms with E-state index in [2.05, 4.69) is 10.3 Å². The molecule has 0 saturated carbocycles. The molecule has 9 heteroatoms. The van der Waals surface area contributed by atoms with Crippen LogP contribution in [0.4, 0.5) is 5.69 Å². The van der Waals surface area contributed by atoms with Crippen molar-refractivity contribution in [3.63, 3.8) is 0 Å². The zero-order valence-electron chi connectivity index (χ0n) is 20.2. The Morgan fingerprint density at radius 2 is 1.57 bits per heavy atom. The van der Waals surface area contributed by atoms with Gasteiger partial charge < -0.3 is 29.2 Å². The van der Waals surface area contributed by atoms with Crippen LogP contribution >= 0.6 is 0 Å². The number of pyridine rings is 1. The highest BCUT2D eigenvalue weighted by Crippen LogP contribution is 2.46. The van der Waals surface area contributed by atoms with Crippen LogP contribution in [0.2, 0.25) is 0 Å². The molecule has 0 unspecified atom stereocenters. The summed E-state index contributed by atoms with van der Waals surface area (Å²) >= 11 is 0. The first-order chi connectivity index (χ1) is 16.9. The lowest BCUT2D eigenvalue weighted by atomic mass is 9.79. The summed E-state index contributed by atoms with van der Waals surface area (Å²) in [6, 6.07) is 11.5. The molecule has 1 aliphatic heterocycles. The third kappa shape index (κ3) is 4.32. The minimum Gasteiger partial charge on any atom is -0.493 e. The summed E-state index contributed by atoms with van der Waals surface area (Å²) < 4.78 is 21.5. The quantitative estimate of drug-likeness (QED) is 0.554. The number of rotatable bonds is 7. The Morgan fingerprint density at radius 3 is 2.20 bits per heavy atom. The average molecular weight is 478 g/mol. The number of carbonyl (C=O) groups is 2. The number of likely N-dealkylation sites (N-methyl/N-ethyl adjacent to an activating group) is 1. The number of hydrogen-bond acceptors (Lipinski definition) is 7. The lowest BCUT2D eigenvalue weighted by Crippen LogP contribution is -2.44. The molecule has 2 heterocycles. The van der Waals surface area contributed by atoms with Gasteiger partial charge in [-0.15, -0.1) is 0 Å². The third-order valence-electron chi connectivity index (χ3n) is 6.13. The summed E-state index contributed by atoms with van der Waals surface area (Å²) in [5, 5.41) is 2.97. The molecule has 0 aliphatic carbocycles. The van der Waals surface area contributed by atoms with Gasteiger partial charge >= 0.3 is 0 Å². The highest BCUT2D eigenvalue weighted by atomic mass is 16.5. The highest BCUT2D eigenvalue weighted by molar-refractivity contribution is 6.05. The summed E-state index contributed by atoms with van der Waals surface area (Å²) in [6.07, 6.45) is 3.31. The molecule has 182 valence electrons. The van der Waals surface area contributed by atoms with E-state index in [0.29, 0.717) is 39.8 Å². The van der Waals surface area contributed by atoms with E-state index in [1.54, 1.807) is 67.8 Å². The van der Waals surface area contributed by atoms with Crippen molar-refractivity contribution >= 4 is 17.5 Å². The smallest absolute Gasteiger partial charge is 0.254 e. The van der Waals surface area contributed by atoms with Crippen LogP contribution in [0, 0.1) is 0 Å². The van der Waals surface area contributed by atoms with E-state index in [1.807, 2.05) is 6.07 Å². The van der Waals surface area contributed by atoms with Crippen molar-refractivity contribution in [3.05, 3.63) is 71.5 Å². The first-order valence-electron chi connectivity index (χ1n) is 10.9. The largest absolute Gasteiger partial charge is 0.493 e. The van der Waals surface area contributed by atoms with Gasteiger partial charge in [0.15, 0.2) is 23.0 Å². The Morgan fingerprint density at radius 1 is 0.914 bits per heavy atom. The first-order valence-corrected chi connectivity index (χ1v) is 10.9. The van der Waals surface area contributed by atoms with Gasteiger partial charge in [-0.1, -0.05) is 6.07 Å². The van der Waals surface area contributed by atoms with Gasteiger partial charge in [0, 0.05) is 36.8 Å². The number of methoxy groups -OCH3 is 4. The molecule has 2 atom stereocenters. The molecule has 0 fully saturated rings. The fraction of sp³-hybridized carbons (Fsp3) is 0.269. The van der Waals surface area contributed by atoms with Crippen LogP contribution in [0.15, 0.2) is 54.9 Å². The lowest BCUT2D eigenvalue weighted by molar-refractivity contribution is -0.119. The second-order valence-electron chi connectivity index (χ2n) is 7.98. The lowest BCUT2D eigenvalue weighted by Gasteiger charge is -2.39. The first kappa shape index (κ1) is 23.9. The number of nitrogens with one attached hydrogen (secondary N) is 1. The van der Waals surface area contributed by atoms with E-state index in [9.17, 15) is 9.59 Å². The predicted molar refractivity (Wildman–Crippen MR) is 130 cm³/mol. The van der Waals surface area contributed by atoms with E-state index < -0.39 is 12.0 Å². The molecule has 0 bridgehead atoms. The van der Waals surface area contributed by atoms with Crippen LogP contribution in [-0.4, -0.2) is 57.2 Å². The molecular weight excluding hydrogens is 450 g/mol. The number of hydrogen-bond donors (Lipinski definition) is 1. The third-order valence-corrected chi connectivity index (χ3v) is 6.13. The Balaban J connectivity index is 1.84. The number of benzene rings is 2. The molecule has 0 radical (unpaired) electrons. The monoisotopic (exact) mass is 477 g/mol. The van der Waals surface area contributed by atoms with Gasteiger partial charge in [0.05, 0.1) is 40.4 Å². The molecule has 1 aliphatic rings. The Bertz CT molecular complexity index is 1250. The fourth-order valence-electron chi connectivity index (χ4n) is 4.43. The molecule has 3 aromatic rings.